The van der Waals surface area contributed by atoms with Crippen molar-refractivity contribution >= 4 is 27.1 Å². The first kappa shape index (κ1) is 14.5. The number of hydrogen-bond donors (Lipinski definition) is 0. The number of fused-ring (bicyclic) bond motifs is 3. The van der Waals surface area contributed by atoms with Gasteiger partial charge in [-0.2, -0.15) is 0 Å². The number of rotatable bonds is 1. The highest BCUT2D eigenvalue weighted by molar-refractivity contribution is 6.06. The fourth-order valence-electron chi connectivity index (χ4n) is 4.31. The Morgan fingerprint density at radius 3 is 2.16 bits per heavy atom. The number of allylic oxidation sites excluding steroid dienone is 1. The number of hydrogen-bond acceptors (Lipinski definition) is 0. The molecule has 0 nitrogen and oxygen atoms in total. The van der Waals surface area contributed by atoms with Crippen LogP contribution in [-0.2, 0) is 6.42 Å². The van der Waals surface area contributed by atoms with E-state index in [9.17, 15) is 0 Å². The lowest BCUT2D eigenvalue weighted by Crippen LogP contribution is -1.91. The molecule has 0 heteroatoms. The molecule has 120 valence electrons. The molecule has 0 fully saturated rings. The van der Waals surface area contributed by atoms with Crippen LogP contribution in [0.25, 0.3) is 27.1 Å². The molecule has 0 bridgehead atoms. The Bertz CT molecular complexity index is 1180. The molecule has 0 amide bonds. The molecule has 0 aromatic heterocycles. The minimum atomic E-state index is 1.07. The summed E-state index contributed by atoms with van der Waals surface area (Å²) in [6, 6.07) is 26.7. The molecule has 0 atom stereocenters. The van der Waals surface area contributed by atoms with Gasteiger partial charge in [0, 0.05) is 0 Å². The minimum absolute atomic E-state index is 1.07. The van der Waals surface area contributed by atoms with Crippen LogP contribution in [-0.4, -0.2) is 0 Å². The molecule has 1 aliphatic rings. The first-order valence-electron chi connectivity index (χ1n) is 8.93. The fraction of sp³-hybridized carbons (Fsp3) is 0.120. The van der Waals surface area contributed by atoms with E-state index in [-0.39, 0.29) is 0 Å². The van der Waals surface area contributed by atoms with Crippen LogP contribution in [0.1, 0.15) is 29.2 Å². The maximum atomic E-state index is 2.36. The van der Waals surface area contributed by atoms with Crippen LogP contribution < -0.4 is 0 Å². The van der Waals surface area contributed by atoms with Gasteiger partial charge >= 0.3 is 0 Å². The zero-order chi connectivity index (χ0) is 17.0. The molecule has 25 heavy (non-hydrogen) atoms. The smallest absolute Gasteiger partial charge is 0.00516 e. The highest BCUT2D eigenvalue weighted by atomic mass is 14.3. The van der Waals surface area contributed by atoms with Crippen LogP contribution in [0, 0.1) is 6.92 Å². The first-order chi connectivity index (χ1) is 12.2. The SMILES string of the molecule is CC1=C(c2cccc3cc4ccccc4cc23)c2cccc(C)c2C1. The molecule has 0 saturated heterocycles. The van der Waals surface area contributed by atoms with Gasteiger partial charge in [0.05, 0.1) is 0 Å². The molecule has 0 heterocycles. The molecule has 4 aromatic rings. The van der Waals surface area contributed by atoms with E-state index in [1.807, 2.05) is 0 Å². The van der Waals surface area contributed by atoms with Crippen molar-refractivity contribution in [3.63, 3.8) is 0 Å². The van der Waals surface area contributed by atoms with Gasteiger partial charge in [-0.05, 0) is 81.8 Å². The van der Waals surface area contributed by atoms with E-state index in [2.05, 4.69) is 86.6 Å². The zero-order valence-electron chi connectivity index (χ0n) is 14.6. The summed E-state index contributed by atoms with van der Waals surface area (Å²) in [5.74, 6) is 0. The molecule has 0 unspecified atom stereocenters. The van der Waals surface area contributed by atoms with E-state index < -0.39 is 0 Å². The van der Waals surface area contributed by atoms with Gasteiger partial charge in [-0.3, -0.25) is 0 Å². The third-order valence-corrected chi connectivity index (χ3v) is 5.56. The summed E-state index contributed by atoms with van der Waals surface area (Å²) in [5, 5.41) is 5.28. The van der Waals surface area contributed by atoms with Gasteiger partial charge in [0.2, 0.25) is 0 Å². The van der Waals surface area contributed by atoms with Crippen molar-refractivity contribution in [2.75, 3.05) is 0 Å². The predicted octanol–water partition coefficient (Wildman–Crippen LogP) is 6.68. The van der Waals surface area contributed by atoms with Crippen molar-refractivity contribution in [1.29, 1.82) is 0 Å². The lowest BCUT2D eigenvalue weighted by atomic mass is 9.91. The zero-order valence-corrected chi connectivity index (χ0v) is 14.6. The van der Waals surface area contributed by atoms with E-state index in [0.717, 1.165) is 6.42 Å². The van der Waals surface area contributed by atoms with Gasteiger partial charge in [0.15, 0.2) is 0 Å². The lowest BCUT2D eigenvalue weighted by Gasteiger charge is -2.13. The molecule has 5 rings (SSSR count). The molecule has 4 aromatic carbocycles. The predicted molar refractivity (Wildman–Crippen MR) is 108 cm³/mol. The largest absolute Gasteiger partial charge is 0.0616 e. The van der Waals surface area contributed by atoms with Gasteiger partial charge in [-0.15, -0.1) is 0 Å². The van der Waals surface area contributed by atoms with E-state index in [0.29, 0.717) is 0 Å². The molecule has 1 aliphatic carbocycles. The Hall–Kier alpha value is -2.86. The average Bonchev–Trinajstić information content (AvgIpc) is 2.97. The van der Waals surface area contributed by atoms with Gasteiger partial charge in [-0.1, -0.05) is 66.2 Å². The average molecular weight is 320 g/mol. The van der Waals surface area contributed by atoms with E-state index in [4.69, 9.17) is 0 Å². The summed E-state index contributed by atoms with van der Waals surface area (Å²) in [5.41, 5.74) is 8.58. The van der Waals surface area contributed by atoms with Gasteiger partial charge in [-0.25, -0.2) is 0 Å². The summed E-state index contributed by atoms with van der Waals surface area (Å²) in [4.78, 5) is 0. The van der Waals surface area contributed by atoms with Crippen molar-refractivity contribution in [3.8, 4) is 0 Å². The Morgan fingerprint density at radius 2 is 1.32 bits per heavy atom. The minimum Gasteiger partial charge on any atom is -0.0616 e. The van der Waals surface area contributed by atoms with Crippen LogP contribution in [0.4, 0.5) is 0 Å². The molecule has 0 spiro atoms. The quantitative estimate of drug-likeness (QED) is 0.343. The van der Waals surface area contributed by atoms with Crippen LogP contribution in [0.5, 0.6) is 0 Å². The van der Waals surface area contributed by atoms with E-state index >= 15 is 0 Å². The second kappa shape index (κ2) is 5.32. The van der Waals surface area contributed by atoms with Gasteiger partial charge in [0.1, 0.15) is 0 Å². The normalized spacial score (nSPS) is 13.7. The molecular formula is C25H20. The van der Waals surface area contributed by atoms with Crippen molar-refractivity contribution in [3.05, 3.63) is 101 Å². The second-order valence-corrected chi connectivity index (χ2v) is 7.16. The maximum Gasteiger partial charge on any atom is -0.00516 e. The molecule has 0 radical (unpaired) electrons. The third kappa shape index (κ3) is 2.14. The fourth-order valence-corrected chi connectivity index (χ4v) is 4.31. The van der Waals surface area contributed by atoms with Crippen LogP contribution >= 0.6 is 0 Å². The van der Waals surface area contributed by atoms with Crippen molar-refractivity contribution in [2.24, 2.45) is 0 Å². The van der Waals surface area contributed by atoms with Gasteiger partial charge in [0.25, 0.3) is 0 Å². The van der Waals surface area contributed by atoms with Crippen LogP contribution in [0.15, 0.2) is 78.4 Å². The maximum absolute atomic E-state index is 2.36. The first-order valence-corrected chi connectivity index (χ1v) is 8.93. The Kier molecular flexibility index (Phi) is 3.08. The highest BCUT2D eigenvalue weighted by Crippen LogP contribution is 2.41. The van der Waals surface area contributed by atoms with Crippen LogP contribution in [0.3, 0.4) is 0 Å². The standard InChI is InChI=1S/C25H20/c1-16-7-5-11-21-23(16)13-17(2)25(21)22-12-6-10-20-14-18-8-3-4-9-19(18)15-24(20)22/h3-12,14-15H,13H2,1-2H3. The summed E-state index contributed by atoms with van der Waals surface area (Å²) >= 11 is 0. The monoisotopic (exact) mass is 320 g/mol. The third-order valence-electron chi connectivity index (χ3n) is 5.56. The summed E-state index contributed by atoms with van der Waals surface area (Å²) in [6.45, 7) is 4.51. The Morgan fingerprint density at radius 1 is 0.640 bits per heavy atom. The number of benzene rings is 4. The van der Waals surface area contributed by atoms with Crippen molar-refractivity contribution in [2.45, 2.75) is 20.3 Å². The molecular weight excluding hydrogens is 300 g/mol. The highest BCUT2D eigenvalue weighted by Gasteiger charge is 2.22. The molecule has 0 saturated carbocycles. The summed E-state index contributed by atoms with van der Waals surface area (Å²) in [6.07, 6.45) is 1.07. The van der Waals surface area contributed by atoms with Crippen LogP contribution in [0.2, 0.25) is 0 Å². The Balaban J connectivity index is 1.84. The summed E-state index contributed by atoms with van der Waals surface area (Å²) < 4.78 is 0. The van der Waals surface area contributed by atoms with Crippen molar-refractivity contribution < 1.29 is 0 Å². The second-order valence-electron chi connectivity index (χ2n) is 7.16. The molecule has 0 N–H and O–H groups in total. The topological polar surface area (TPSA) is 0 Å². The van der Waals surface area contributed by atoms with E-state index in [1.54, 1.807) is 0 Å². The van der Waals surface area contributed by atoms with E-state index in [1.165, 1.54) is 54.9 Å². The lowest BCUT2D eigenvalue weighted by molar-refractivity contribution is 1.16. The number of aryl methyl sites for hydroxylation is 1. The van der Waals surface area contributed by atoms with Crippen molar-refractivity contribution in [1.82, 2.24) is 0 Å². The Labute approximate surface area is 148 Å². The summed E-state index contributed by atoms with van der Waals surface area (Å²) in [7, 11) is 0. The van der Waals surface area contributed by atoms with Gasteiger partial charge < -0.3 is 0 Å². The molecule has 0 aliphatic heterocycles.